The van der Waals surface area contributed by atoms with Gasteiger partial charge >= 0.3 is 5.97 Å². The molecule has 2 rings (SSSR count). The largest absolute Gasteiger partial charge is 0.495 e. The zero-order chi connectivity index (χ0) is 17.5. The number of nitrogens with zero attached hydrogens (tertiary/aromatic N) is 1. The Morgan fingerprint density at radius 2 is 2.12 bits per heavy atom. The summed E-state index contributed by atoms with van der Waals surface area (Å²) in [6.07, 6.45) is 1.70. The minimum atomic E-state index is -0.327. The van der Waals surface area contributed by atoms with E-state index in [9.17, 15) is 9.59 Å². The molecule has 6 nitrogen and oxygen atoms in total. The first-order valence-corrected chi connectivity index (χ1v) is 8.41. The summed E-state index contributed by atoms with van der Waals surface area (Å²) in [5, 5.41) is 2.91. The van der Waals surface area contributed by atoms with Gasteiger partial charge < -0.3 is 14.8 Å². The van der Waals surface area contributed by atoms with E-state index in [0.717, 1.165) is 19.4 Å². The van der Waals surface area contributed by atoms with Crippen LogP contribution in [0.15, 0.2) is 24.3 Å². The van der Waals surface area contributed by atoms with Crippen LogP contribution < -0.4 is 10.1 Å². The number of ether oxygens (including phenoxy) is 2. The number of anilines is 1. The molecule has 2 unspecified atom stereocenters. The molecule has 132 valence electrons. The van der Waals surface area contributed by atoms with E-state index in [1.807, 2.05) is 30.9 Å². The van der Waals surface area contributed by atoms with E-state index in [1.54, 1.807) is 19.2 Å². The van der Waals surface area contributed by atoms with Gasteiger partial charge in [-0.25, -0.2) is 0 Å². The molecule has 0 spiro atoms. The predicted molar refractivity (Wildman–Crippen MR) is 92.0 cm³/mol. The molecule has 0 bridgehead atoms. The first-order chi connectivity index (χ1) is 11.6. The smallest absolute Gasteiger partial charge is 0.310 e. The summed E-state index contributed by atoms with van der Waals surface area (Å²) in [6.45, 7) is 5.41. The summed E-state index contributed by atoms with van der Waals surface area (Å²) in [6, 6.07) is 6.98. The van der Waals surface area contributed by atoms with Crippen molar-refractivity contribution in [2.24, 2.45) is 5.92 Å². The Hall–Kier alpha value is -2.08. The second-order valence-electron chi connectivity index (χ2n) is 5.95. The van der Waals surface area contributed by atoms with Gasteiger partial charge in [0.1, 0.15) is 5.75 Å². The molecule has 1 aliphatic rings. The normalized spacial score (nSPS) is 19.4. The fourth-order valence-corrected chi connectivity index (χ4v) is 2.96. The van der Waals surface area contributed by atoms with E-state index >= 15 is 0 Å². The highest BCUT2D eigenvalue weighted by Gasteiger charge is 2.31. The van der Waals surface area contributed by atoms with Crippen LogP contribution in [0.4, 0.5) is 5.69 Å². The van der Waals surface area contributed by atoms with Gasteiger partial charge in [-0.05, 0) is 45.4 Å². The molecule has 1 amide bonds. The van der Waals surface area contributed by atoms with Crippen LogP contribution in [-0.4, -0.2) is 49.6 Å². The number of hydrogen-bond donors (Lipinski definition) is 1. The van der Waals surface area contributed by atoms with Crippen LogP contribution in [-0.2, 0) is 14.3 Å². The van der Waals surface area contributed by atoms with E-state index in [1.165, 1.54) is 0 Å². The Bertz CT molecular complexity index is 576. The number of nitrogens with one attached hydrogen (secondary N) is 1. The van der Waals surface area contributed by atoms with Crippen molar-refractivity contribution in [2.75, 3.05) is 32.1 Å². The van der Waals surface area contributed by atoms with Gasteiger partial charge in [0.2, 0.25) is 5.91 Å². The van der Waals surface area contributed by atoms with Crippen molar-refractivity contribution in [2.45, 2.75) is 32.7 Å². The average molecular weight is 334 g/mol. The zero-order valence-corrected chi connectivity index (χ0v) is 14.6. The van der Waals surface area contributed by atoms with Crippen LogP contribution in [0.2, 0.25) is 0 Å². The lowest BCUT2D eigenvalue weighted by Crippen LogP contribution is -2.48. The second-order valence-corrected chi connectivity index (χ2v) is 5.95. The summed E-state index contributed by atoms with van der Waals surface area (Å²) in [7, 11) is 1.57. The number of likely N-dealkylation sites (tertiary alicyclic amines) is 1. The fourth-order valence-electron chi connectivity index (χ4n) is 2.96. The quantitative estimate of drug-likeness (QED) is 0.809. The summed E-state index contributed by atoms with van der Waals surface area (Å²) >= 11 is 0. The van der Waals surface area contributed by atoms with E-state index in [4.69, 9.17) is 9.47 Å². The molecule has 1 aliphatic heterocycles. The molecule has 1 N–H and O–H groups in total. The summed E-state index contributed by atoms with van der Waals surface area (Å²) in [5.74, 6) is 0.199. The third-order valence-electron chi connectivity index (χ3n) is 4.36. The van der Waals surface area contributed by atoms with E-state index in [2.05, 4.69) is 5.32 Å². The molecule has 1 heterocycles. The monoisotopic (exact) mass is 334 g/mol. The lowest BCUT2D eigenvalue weighted by molar-refractivity contribution is -0.150. The Morgan fingerprint density at radius 1 is 1.38 bits per heavy atom. The van der Waals surface area contributed by atoms with Crippen molar-refractivity contribution in [3.05, 3.63) is 24.3 Å². The van der Waals surface area contributed by atoms with Crippen LogP contribution in [0.1, 0.15) is 26.7 Å². The number of carbonyl (C=O) groups excluding carboxylic acids is 2. The van der Waals surface area contributed by atoms with Crippen molar-refractivity contribution in [1.29, 1.82) is 0 Å². The molecule has 0 radical (unpaired) electrons. The van der Waals surface area contributed by atoms with Crippen LogP contribution in [0.5, 0.6) is 5.75 Å². The Labute approximate surface area is 143 Å². The molecule has 1 fully saturated rings. The predicted octanol–water partition coefficient (Wildman–Crippen LogP) is 2.30. The average Bonchev–Trinajstić information content (AvgIpc) is 2.61. The molecule has 1 saturated heterocycles. The topological polar surface area (TPSA) is 67.9 Å². The minimum absolute atomic E-state index is 0.107. The molecule has 0 aliphatic carbocycles. The molecule has 2 atom stereocenters. The number of methoxy groups -OCH3 is 1. The zero-order valence-electron chi connectivity index (χ0n) is 14.6. The number of hydrogen-bond acceptors (Lipinski definition) is 5. The van der Waals surface area contributed by atoms with Gasteiger partial charge in [-0.2, -0.15) is 0 Å². The van der Waals surface area contributed by atoms with Crippen molar-refractivity contribution >= 4 is 17.6 Å². The number of para-hydroxylation sites is 2. The number of benzene rings is 1. The van der Waals surface area contributed by atoms with Gasteiger partial charge in [0.15, 0.2) is 0 Å². The molecule has 6 heteroatoms. The lowest BCUT2D eigenvalue weighted by Gasteiger charge is -2.35. The van der Waals surface area contributed by atoms with E-state index in [-0.39, 0.29) is 23.8 Å². The Kier molecular flexibility index (Phi) is 6.61. The second kappa shape index (κ2) is 8.68. The van der Waals surface area contributed by atoms with Gasteiger partial charge in [0.05, 0.1) is 31.4 Å². The highest BCUT2D eigenvalue weighted by atomic mass is 16.5. The maximum Gasteiger partial charge on any atom is 0.310 e. The Morgan fingerprint density at radius 3 is 2.83 bits per heavy atom. The Balaban J connectivity index is 1.98. The maximum atomic E-state index is 12.6. The van der Waals surface area contributed by atoms with E-state index in [0.29, 0.717) is 24.6 Å². The number of piperidine rings is 1. The van der Waals surface area contributed by atoms with E-state index < -0.39 is 0 Å². The number of rotatable bonds is 6. The molecule has 1 aromatic carbocycles. The van der Waals surface area contributed by atoms with Crippen LogP contribution in [0.25, 0.3) is 0 Å². The van der Waals surface area contributed by atoms with Gasteiger partial charge in [0.25, 0.3) is 0 Å². The first kappa shape index (κ1) is 18.3. The van der Waals surface area contributed by atoms with Gasteiger partial charge in [-0.1, -0.05) is 12.1 Å². The molecule has 0 aromatic heterocycles. The molecule has 24 heavy (non-hydrogen) atoms. The summed E-state index contributed by atoms with van der Waals surface area (Å²) in [5.41, 5.74) is 0.649. The van der Waals surface area contributed by atoms with Crippen molar-refractivity contribution < 1.29 is 19.1 Å². The molecular weight excluding hydrogens is 308 g/mol. The number of amides is 1. The van der Waals surface area contributed by atoms with Gasteiger partial charge in [-0.15, -0.1) is 0 Å². The summed E-state index contributed by atoms with van der Waals surface area (Å²) < 4.78 is 10.4. The maximum absolute atomic E-state index is 12.6. The minimum Gasteiger partial charge on any atom is -0.495 e. The van der Waals surface area contributed by atoms with Crippen molar-refractivity contribution in [3.63, 3.8) is 0 Å². The SMILES string of the molecule is CCOC(=O)C1CCCN(C(C)C(=O)Nc2ccccc2OC)C1. The number of carbonyl (C=O) groups is 2. The molecule has 0 saturated carbocycles. The third-order valence-corrected chi connectivity index (χ3v) is 4.36. The van der Waals surface area contributed by atoms with Crippen molar-refractivity contribution in [1.82, 2.24) is 4.90 Å². The third kappa shape index (κ3) is 4.47. The molecular formula is C18H26N2O4. The van der Waals surface area contributed by atoms with Crippen molar-refractivity contribution in [3.8, 4) is 5.75 Å². The standard InChI is InChI=1S/C18H26N2O4/c1-4-24-18(22)14-8-7-11-20(12-14)13(2)17(21)19-15-9-5-6-10-16(15)23-3/h5-6,9-10,13-14H,4,7-8,11-12H2,1-3H3,(H,19,21). The van der Waals surface area contributed by atoms with Gasteiger partial charge in [0, 0.05) is 6.54 Å². The van der Waals surface area contributed by atoms with Crippen LogP contribution >= 0.6 is 0 Å². The lowest BCUT2D eigenvalue weighted by atomic mass is 9.97. The van der Waals surface area contributed by atoms with Crippen LogP contribution in [0, 0.1) is 5.92 Å². The summed E-state index contributed by atoms with van der Waals surface area (Å²) in [4.78, 5) is 26.5. The fraction of sp³-hybridized carbons (Fsp3) is 0.556. The van der Waals surface area contributed by atoms with Gasteiger partial charge in [-0.3, -0.25) is 14.5 Å². The van der Waals surface area contributed by atoms with Crippen LogP contribution in [0.3, 0.4) is 0 Å². The number of esters is 1. The highest BCUT2D eigenvalue weighted by Crippen LogP contribution is 2.24. The first-order valence-electron chi connectivity index (χ1n) is 8.41. The molecule has 1 aromatic rings. The highest BCUT2D eigenvalue weighted by molar-refractivity contribution is 5.95.